The molecule has 4 N–H and O–H groups in total. The van der Waals surface area contributed by atoms with E-state index in [4.69, 9.17) is 5.73 Å². The lowest BCUT2D eigenvalue weighted by Gasteiger charge is -2.29. The number of nitrogens with one attached hydrogen (secondary N) is 1. The topological polar surface area (TPSA) is 75.4 Å². The normalized spacial score (nSPS) is 23.5. The molecule has 0 aromatic heterocycles. The van der Waals surface area contributed by atoms with Crippen LogP contribution in [0.4, 0.5) is 0 Å². The molecule has 0 bridgehead atoms. The second kappa shape index (κ2) is 8.25. The van der Waals surface area contributed by atoms with Gasteiger partial charge < -0.3 is 16.2 Å². The van der Waals surface area contributed by atoms with Gasteiger partial charge >= 0.3 is 0 Å². The maximum atomic E-state index is 12.0. The molecule has 3 atom stereocenters. The Kier molecular flexibility index (Phi) is 6.99. The average Bonchev–Trinajstić information content (AvgIpc) is 2.42. The molecule has 20 heavy (non-hydrogen) atoms. The van der Waals surface area contributed by atoms with E-state index in [9.17, 15) is 9.90 Å². The average molecular weight is 299 g/mol. The Morgan fingerprint density at radius 1 is 1.30 bits per heavy atom. The summed E-state index contributed by atoms with van der Waals surface area (Å²) < 4.78 is 0. The number of nitrogens with two attached hydrogens (primary N) is 1. The highest BCUT2D eigenvalue weighted by Crippen LogP contribution is 2.18. The van der Waals surface area contributed by atoms with Gasteiger partial charge in [-0.15, -0.1) is 12.4 Å². The van der Waals surface area contributed by atoms with Gasteiger partial charge in [-0.3, -0.25) is 4.79 Å². The van der Waals surface area contributed by atoms with Crippen LogP contribution >= 0.6 is 12.4 Å². The second-order valence-corrected chi connectivity index (χ2v) is 5.26. The molecule has 0 saturated heterocycles. The minimum Gasteiger partial charge on any atom is -0.391 e. The predicted octanol–water partition coefficient (Wildman–Crippen LogP) is 1.40. The highest BCUT2D eigenvalue weighted by Gasteiger charge is 2.26. The van der Waals surface area contributed by atoms with Gasteiger partial charge in [0, 0.05) is 0 Å². The van der Waals surface area contributed by atoms with E-state index in [0.717, 1.165) is 31.2 Å². The molecule has 2 rings (SSSR count). The van der Waals surface area contributed by atoms with E-state index in [-0.39, 0.29) is 24.4 Å². The fourth-order valence-corrected chi connectivity index (χ4v) is 2.53. The summed E-state index contributed by atoms with van der Waals surface area (Å²) in [5.41, 5.74) is 6.97. The fourth-order valence-electron chi connectivity index (χ4n) is 2.53. The van der Waals surface area contributed by atoms with Crippen LogP contribution in [0.25, 0.3) is 0 Å². The summed E-state index contributed by atoms with van der Waals surface area (Å²) in [6.07, 6.45) is 3.78. The molecular weight excluding hydrogens is 276 g/mol. The van der Waals surface area contributed by atoms with Crippen molar-refractivity contribution >= 4 is 18.3 Å². The zero-order valence-electron chi connectivity index (χ0n) is 11.5. The standard InChI is InChI=1S/C15H22N2O2.ClH/c16-12(10-11-6-2-1-3-7-11)15(19)17-13-8-4-5-9-14(13)18;/h1-3,6-7,12-14,18H,4-5,8-10,16H2,(H,17,19);1H/t12?,13-,14-;/m0./s1. The van der Waals surface area contributed by atoms with E-state index in [2.05, 4.69) is 5.32 Å². The van der Waals surface area contributed by atoms with Gasteiger partial charge in [0.25, 0.3) is 0 Å². The Morgan fingerprint density at radius 3 is 2.60 bits per heavy atom. The molecule has 0 aliphatic heterocycles. The molecule has 0 radical (unpaired) electrons. The molecule has 0 spiro atoms. The number of halogens is 1. The molecule has 112 valence electrons. The smallest absolute Gasteiger partial charge is 0.237 e. The van der Waals surface area contributed by atoms with Crippen molar-refractivity contribution in [1.82, 2.24) is 5.32 Å². The summed E-state index contributed by atoms with van der Waals surface area (Å²) in [5, 5.41) is 12.7. The third kappa shape index (κ3) is 4.78. The minimum atomic E-state index is -0.559. The van der Waals surface area contributed by atoms with E-state index in [1.165, 1.54) is 0 Å². The number of benzene rings is 1. The van der Waals surface area contributed by atoms with Crippen molar-refractivity contribution in [2.45, 2.75) is 50.3 Å². The lowest BCUT2D eigenvalue weighted by molar-refractivity contribution is -0.124. The Hall–Kier alpha value is -1.10. The molecule has 1 aromatic carbocycles. The van der Waals surface area contributed by atoms with Crippen LogP contribution in [0.15, 0.2) is 30.3 Å². The molecule has 1 unspecified atom stereocenters. The van der Waals surface area contributed by atoms with E-state index in [1.807, 2.05) is 30.3 Å². The largest absolute Gasteiger partial charge is 0.391 e. The van der Waals surface area contributed by atoms with E-state index in [1.54, 1.807) is 0 Å². The third-order valence-corrected chi connectivity index (χ3v) is 3.69. The third-order valence-electron chi connectivity index (χ3n) is 3.69. The first-order chi connectivity index (χ1) is 9.16. The number of aliphatic hydroxyl groups is 1. The van der Waals surface area contributed by atoms with Crippen LogP contribution in [0.2, 0.25) is 0 Å². The first kappa shape index (κ1) is 17.0. The van der Waals surface area contributed by atoms with Gasteiger partial charge in [-0.1, -0.05) is 43.2 Å². The van der Waals surface area contributed by atoms with E-state index < -0.39 is 12.1 Å². The molecule has 0 heterocycles. The van der Waals surface area contributed by atoms with Gasteiger partial charge in [-0.05, 0) is 24.8 Å². The maximum absolute atomic E-state index is 12.0. The van der Waals surface area contributed by atoms with Crippen LogP contribution < -0.4 is 11.1 Å². The number of amides is 1. The van der Waals surface area contributed by atoms with Crippen molar-refractivity contribution in [3.63, 3.8) is 0 Å². The maximum Gasteiger partial charge on any atom is 0.237 e. The Labute approximate surface area is 126 Å². The molecule has 1 saturated carbocycles. The van der Waals surface area contributed by atoms with Crippen LogP contribution in [0.5, 0.6) is 0 Å². The summed E-state index contributed by atoms with van der Waals surface area (Å²) in [4.78, 5) is 12.0. The molecule has 5 heteroatoms. The van der Waals surface area contributed by atoms with Crippen LogP contribution in [0, 0.1) is 0 Å². The first-order valence-electron chi connectivity index (χ1n) is 6.95. The summed E-state index contributed by atoms with van der Waals surface area (Å²) >= 11 is 0. The Morgan fingerprint density at radius 2 is 1.95 bits per heavy atom. The highest BCUT2D eigenvalue weighted by atomic mass is 35.5. The van der Waals surface area contributed by atoms with Gasteiger partial charge in [0.2, 0.25) is 5.91 Å². The predicted molar refractivity (Wildman–Crippen MR) is 81.8 cm³/mol. The van der Waals surface area contributed by atoms with Crippen molar-refractivity contribution in [1.29, 1.82) is 0 Å². The van der Waals surface area contributed by atoms with Gasteiger partial charge in [-0.25, -0.2) is 0 Å². The number of hydrogen-bond donors (Lipinski definition) is 3. The van der Waals surface area contributed by atoms with Crippen LogP contribution in [-0.2, 0) is 11.2 Å². The number of carbonyl (C=O) groups is 1. The SMILES string of the molecule is Cl.NC(Cc1ccccc1)C(=O)N[C@H]1CCCC[C@@H]1O. The lowest BCUT2D eigenvalue weighted by atomic mass is 9.92. The molecule has 1 amide bonds. The van der Waals surface area contributed by atoms with Crippen LogP contribution in [-0.4, -0.2) is 29.2 Å². The van der Waals surface area contributed by atoms with Gasteiger partial charge in [-0.2, -0.15) is 0 Å². The Bertz CT molecular complexity index is 414. The first-order valence-corrected chi connectivity index (χ1v) is 6.95. The zero-order chi connectivity index (χ0) is 13.7. The molecule has 1 aliphatic rings. The zero-order valence-corrected chi connectivity index (χ0v) is 12.3. The van der Waals surface area contributed by atoms with Crippen molar-refractivity contribution < 1.29 is 9.90 Å². The molecule has 1 fully saturated rings. The molecule has 1 aliphatic carbocycles. The summed E-state index contributed by atoms with van der Waals surface area (Å²) in [7, 11) is 0. The fraction of sp³-hybridized carbons (Fsp3) is 0.533. The molecule has 4 nitrogen and oxygen atoms in total. The van der Waals surface area contributed by atoms with Gasteiger partial charge in [0.15, 0.2) is 0 Å². The second-order valence-electron chi connectivity index (χ2n) is 5.26. The van der Waals surface area contributed by atoms with Crippen LogP contribution in [0.3, 0.4) is 0 Å². The number of aliphatic hydroxyl groups excluding tert-OH is 1. The van der Waals surface area contributed by atoms with Crippen molar-refractivity contribution in [3.05, 3.63) is 35.9 Å². The lowest BCUT2D eigenvalue weighted by Crippen LogP contribution is -2.51. The number of carbonyl (C=O) groups excluding carboxylic acids is 1. The molecule has 1 aromatic rings. The van der Waals surface area contributed by atoms with Crippen molar-refractivity contribution in [2.24, 2.45) is 5.73 Å². The van der Waals surface area contributed by atoms with Gasteiger partial charge in [0.1, 0.15) is 0 Å². The minimum absolute atomic E-state index is 0. The summed E-state index contributed by atoms with van der Waals surface area (Å²) in [6, 6.07) is 9.04. The van der Waals surface area contributed by atoms with E-state index in [0.29, 0.717) is 6.42 Å². The van der Waals surface area contributed by atoms with Crippen molar-refractivity contribution in [3.8, 4) is 0 Å². The monoisotopic (exact) mass is 298 g/mol. The Balaban J connectivity index is 0.00000200. The number of rotatable bonds is 4. The van der Waals surface area contributed by atoms with Crippen LogP contribution in [0.1, 0.15) is 31.2 Å². The highest BCUT2D eigenvalue weighted by molar-refractivity contribution is 5.85. The number of hydrogen-bond acceptors (Lipinski definition) is 3. The molecular formula is C15H23ClN2O2. The quantitative estimate of drug-likeness (QED) is 0.786. The summed E-state index contributed by atoms with van der Waals surface area (Å²) in [6.45, 7) is 0. The summed E-state index contributed by atoms with van der Waals surface area (Å²) in [5.74, 6) is -0.171. The van der Waals surface area contributed by atoms with E-state index >= 15 is 0 Å². The van der Waals surface area contributed by atoms with Crippen molar-refractivity contribution in [2.75, 3.05) is 0 Å². The van der Waals surface area contributed by atoms with Gasteiger partial charge in [0.05, 0.1) is 18.2 Å².